The number of carbonyl (C=O) groups excluding carboxylic acids is 2. The first-order valence-corrected chi connectivity index (χ1v) is 8.80. The van der Waals surface area contributed by atoms with Gasteiger partial charge in [-0.25, -0.2) is 0 Å². The van der Waals surface area contributed by atoms with E-state index in [0.717, 1.165) is 13.1 Å². The molecule has 0 radical (unpaired) electrons. The van der Waals surface area contributed by atoms with Crippen molar-refractivity contribution in [2.24, 2.45) is 0 Å². The minimum Gasteiger partial charge on any atom is -0.353 e. The fraction of sp³-hybridized carbons (Fsp3) is 0.579. The molecule has 0 bridgehead atoms. The quantitative estimate of drug-likeness (QED) is 0.865. The Hall–Kier alpha value is -1.88. The maximum Gasteiger partial charge on any atom is 0.234 e. The first-order chi connectivity index (χ1) is 11.5. The predicted molar refractivity (Wildman–Crippen MR) is 95.8 cm³/mol. The number of carbonyl (C=O) groups is 2. The molecule has 1 heterocycles. The van der Waals surface area contributed by atoms with Crippen LogP contribution in [-0.4, -0.2) is 60.4 Å². The van der Waals surface area contributed by atoms with Crippen LogP contribution in [0.25, 0.3) is 0 Å². The van der Waals surface area contributed by atoms with Gasteiger partial charge in [0.2, 0.25) is 11.8 Å². The minimum absolute atomic E-state index is 0.0578. The SMILES string of the molecule is CC(C)NC(=O)CN1CCN(C(=O)CC(C)c2ccccc2)CC1. The summed E-state index contributed by atoms with van der Waals surface area (Å²) in [7, 11) is 0. The van der Waals surface area contributed by atoms with E-state index in [1.807, 2.05) is 36.9 Å². The van der Waals surface area contributed by atoms with Gasteiger partial charge in [-0.05, 0) is 25.3 Å². The summed E-state index contributed by atoms with van der Waals surface area (Å²) < 4.78 is 0. The number of hydrogen-bond acceptors (Lipinski definition) is 3. The molecule has 1 fully saturated rings. The van der Waals surface area contributed by atoms with E-state index in [1.54, 1.807) is 0 Å². The number of amides is 2. The van der Waals surface area contributed by atoms with Crippen LogP contribution in [0.15, 0.2) is 30.3 Å². The van der Waals surface area contributed by atoms with Crippen molar-refractivity contribution in [1.82, 2.24) is 15.1 Å². The van der Waals surface area contributed by atoms with Gasteiger partial charge in [0, 0.05) is 38.6 Å². The molecule has 0 aromatic heterocycles. The number of hydrogen-bond donors (Lipinski definition) is 1. The third-order valence-corrected chi connectivity index (χ3v) is 4.39. The van der Waals surface area contributed by atoms with Crippen molar-refractivity contribution in [2.75, 3.05) is 32.7 Å². The lowest BCUT2D eigenvalue weighted by Gasteiger charge is -2.35. The molecule has 1 aliphatic rings. The zero-order valence-corrected chi connectivity index (χ0v) is 15.0. The van der Waals surface area contributed by atoms with Gasteiger partial charge in [0.25, 0.3) is 0 Å². The minimum atomic E-state index is 0.0578. The first-order valence-electron chi connectivity index (χ1n) is 8.80. The fourth-order valence-corrected chi connectivity index (χ4v) is 3.02. The molecular weight excluding hydrogens is 302 g/mol. The summed E-state index contributed by atoms with van der Waals surface area (Å²) >= 11 is 0. The molecule has 1 N–H and O–H groups in total. The van der Waals surface area contributed by atoms with Crippen LogP contribution in [0.5, 0.6) is 0 Å². The van der Waals surface area contributed by atoms with Crippen molar-refractivity contribution in [3.8, 4) is 0 Å². The lowest BCUT2D eigenvalue weighted by Crippen LogP contribution is -2.51. The van der Waals surface area contributed by atoms with E-state index in [4.69, 9.17) is 0 Å². The molecule has 132 valence electrons. The Bertz CT molecular complexity index is 537. The summed E-state index contributed by atoms with van der Waals surface area (Å²) in [5.74, 6) is 0.494. The summed E-state index contributed by atoms with van der Waals surface area (Å²) in [5, 5.41) is 2.91. The molecule has 1 atom stereocenters. The largest absolute Gasteiger partial charge is 0.353 e. The highest BCUT2D eigenvalue weighted by molar-refractivity contribution is 5.79. The molecular formula is C19H29N3O2. The Morgan fingerprint density at radius 2 is 1.67 bits per heavy atom. The molecule has 24 heavy (non-hydrogen) atoms. The van der Waals surface area contributed by atoms with Gasteiger partial charge in [0.15, 0.2) is 0 Å². The van der Waals surface area contributed by atoms with Crippen molar-refractivity contribution in [1.29, 1.82) is 0 Å². The number of piperazine rings is 1. The molecule has 0 saturated carbocycles. The summed E-state index contributed by atoms with van der Waals surface area (Å²) in [6.45, 7) is 9.36. The lowest BCUT2D eigenvalue weighted by molar-refractivity contribution is -0.133. The van der Waals surface area contributed by atoms with E-state index < -0.39 is 0 Å². The van der Waals surface area contributed by atoms with Crippen molar-refractivity contribution in [2.45, 2.75) is 39.2 Å². The van der Waals surface area contributed by atoms with Gasteiger partial charge in [-0.3, -0.25) is 14.5 Å². The standard InChI is InChI=1S/C19H29N3O2/c1-15(2)20-18(23)14-21-9-11-22(12-10-21)19(24)13-16(3)17-7-5-4-6-8-17/h4-8,15-16H,9-14H2,1-3H3,(H,20,23). The molecule has 1 saturated heterocycles. The number of benzene rings is 1. The van der Waals surface area contributed by atoms with Crippen LogP contribution < -0.4 is 5.32 Å². The smallest absolute Gasteiger partial charge is 0.234 e. The maximum absolute atomic E-state index is 12.5. The molecule has 1 aromatic carbocycles. The predicted octanol–water partition coefficient (Wildman–Crippen LogP) is 1.85. The summed E-state index contributed by atoms with van der Waals surface area (Å²) in [5.41, 5.74) is 1.20. The third-order valence-electron chi connectivity index (χ3n) is 4.39. The van der Waals surface area contributed by atoms with Crippen molar-refractivity contribution in [3.05, 3.63) is 35.9 Å². The van der Waals surface area contributed by atoms with Gasteiger partial charge in [0.1, 0.15) is 0 Å². The van der Waals surface area contributed by atoms with E-state index in [1.165, 1.54) is 5.56 Å². The molecule has 2 rings (SSSR count). The number of rotatable bonds is 6. The van der Waals surface area contributed by atoms with Gasteiger partial charge in [-0.2, -0.15) is 0 Å². The second-order valence-electron chi connectivity index (χ2n) is 6.90. The molecule has 1 aliphatic heterocycles. The van der Waals surface area contributed by atoms with Gasteiger partial charge >= 0.3 is 0 Å². The van der Waals surface area contributed by atoms with Crippen molar-refractivity contribution < 1.29 is 9.59 Å². The zero-order chi connectivity index (χ0) is 17.5. The lowest BCUT2D eigenvalue weighted by atomic mass is 9.97. The molecule has 0 aliphatic carbocycles. The van der Waals surface area contributed by atoms with Gasteiger partial charge in [0.05, 0.1) is 6.54 Å². The summed E-state index contributed by atoms with van der Waals surface area (Å²) in [4.78, 5) is 28.3. The molecule has 5 heteroatoms. The summed E-state index contributed by atoms with van der Waals surface area (Å²) in [6, 6.07) is 10.3. The Morgan fingerprint density at radius 1 is 1.04 bits per heavy atom. The van der Waals surface area contributed by atoms with Crippen LogP contribution in [0.4, 0.5) is 0 Å². The highest BCUT2D eigenvalue weighted by atomic mass is 16.2. The van der Waals surface area contributed by atoms with Crippen LogP contribution in [0.2, 0.25) is 0 Å². The average Bonchev–Trinajstić information content (AvgIpc) is 2.55. The number of nitrogens with one attached hydrogen (secondary N) is 1. The Morgan fingerprint density at radius 3 is 2.25 bits per heavy atom. The molecule has 5 nitrogen and oxygen atoms in total. The Kier molecular flexibility index (Phi) is 6.79. The Labute approximate surface area is 145 Å². The topological polar surface area (TPSA) is 52.7 Å². The Balaban J connectivity index is 1.75. The highest BCUT2D eigenvalue weighted by Crippen LogP contribution is 2.20. The van der Waals surface area contributed by atoms with Crippen LogP contribution in [0.1, 0.15) is 38.7 Å². The monoisotopic (exact) mass is 331 g/mol. The van der Waals surface area contributed by atoms with Crippen molar-refractivity contribution >= 4 is 11.8 Å². The molecule has 1 aromatic rings. The average molecular weight is 331 g/mol. The second kappa shape index (κ2) is 8.83. The zero-order valence-electron chi connectivity index (χ0n) is 15.0. The second-order valence-corrected chi connectivity index (χ2v) is 6.90. The van der Waals surface area contributed by atoms with Crippen LogP contribution >= 0.6 is 0 Å². The maximum atomic E-state index is 12.5. The fourth-order valence-electron chi connectivity index (χ4n) is 3.02. The van der Waals surface area contributed by atoms with E-state index in [9.17, 15) is 9.59 Å². The van der Waals surface area contributed by atoms with E-state index in [2.05, 4.69) is 29.3 Å². The molecule has 1 unspecified atom stereocenters. The van der Waals surface area contributed by atoms with Crippen LogP contribution in [-0.2, 0) is 9.59 Å². The van der Waals surface area contributed by atoms with E-state index in [-0.39, 0.29) is 23.8 Å². The summed E-state index contributed by atoms with van der Waals surface area (Å²) in [6.07, 6.45) is 0.540. The molecule has 2 amide bonds. The van der Waals surface area contributed by atoms with Gasteiger partial charge in [-0.1, -0.05) is 37.3 Å². The molecule has 0 spiro atoms. The third kappa shape index (κ3) is 5.64. The van der Waals surface area contributed by atoms with E-state index >= 15 is 0 Å². The number of nitrogens with zero attached hydrogens (tertiary/aromatic N) is 2. The van der Waals surface area contributed by atoms with Gasteiger partial charge < -0.3 is 10.2 Å². The highest BCUT2D eigenvalue weighted by Gasteiger charge is 2.23. The first kappa shape index (κ1) is 18.5. The normalized spacial score (nSPS) is 16.9. The van der Waals surface area contributed by atoms with Crippen molar-refractivity contribution in [3.63, 3.8) is 0 Å². The van der Waals surface area contributed by atoms with Gasteiger partial charge in [-0.15, -0.1) is 0 Å². The van der Waals surface area contributed by atoms with Crippen LogP contribution in [0.3, 0.4) is 0 Å². The van der Waals surface area contributed by atoms with E-state index in [0.29, 0.717) is 26.1 Å². The van der Waals surface area contributed by atoms with Crippen LogP contribution in [0, 0.1) is 0 Å².